The molecule has 0 saturated carbocycles. The van der Waals surface area contributed by atoms with Crippen LogP contribution in [-0.2, 0) is 22.4 Å². The van der Waals surface area contributed by atoms with Gasteiger partial charge >= 0.3 is 0 Å². The molecular weight excluding hydrogens is 606 g/mol. The van der Waals surface area contributed by atoms with E-state index in [-0.39, 0.29) is 24.4 Å². The van der Waals surface area contributed by atoms with Gasteiger partial charge in [0.2, 0.25) is 11.8 Å². The number of amides is 4. The summed E-state index contributed by atoms with van der Waals surface area (Å²) >= 11 is 6.26. The first-order valence-electron chi connectivity index (χ1n) is 14.9. The second-order valence-corrected chi connectivity index (χ2v) is 12.5. The van der Waals surface area contributed by atoms with Crippen LogP contribution in [0.5, 0.6) is 0 Å². The Labute approximate surface area is 272 Å². The predicted molar refractivity (Wildman–Crippen MR) is 177 cm³/mol. The molecule has 6 N–H and O–H groups in total. The highest BCUT2D eigenvalue weighted by Crippen LogP contribution is 2.22. The quantitative estimate of drug-likeness (QED) is 0.158. The zero-order valence-corrected chi connectivity index (χ0v) is 26.7. The van der Waals surface area contributed by atoms with Crippen molar-refractivity contribution in [3.05, 3.63) is 112 Å². The first kappa shape index (κ1) is 34.1. The Hall–Kier alpha value is -4.80. The number of aliphatic hydroxyl groups excluding tert-OH is 1. The number of para-hydroxylation sites is 1. The lowest BCUT2D eigenvalue weighted by molar-refractivity contribution is -0.128. The number of carbonyl (C=O) groups excluding carboxylic acids is 4. The molecule has 3 atom stereocenters. The van der Waals surface area contributed by atoms with Crippen LogP contribution in [0.3, 0.4) is 0 Å². The lowest BCUT2D eigenvalue weighted by atomic mass is 9.93. The third-order valence-electron chi connectivity index (χ3n) is 7.20. The van der Waals surface area contributed by atoms with E-state index in [4.69, 9.17) is 17.3 Å². The van der Waals surface area contributed by atoms with Gasteiger partial charge in [0.15, 0.2) is 0 Å². The molecule has 0 spiro atoms. The molecule has 0 aliphatic carbocycles. The maximum Gasteiger partial charge on any atom is 0.270 e. The molecule has 0 aliphatic rings. The Balaban J connectivity index is 1.57. The van der Waals surface area contributed by atoms with E-state index in [2.05, 4.69) is 20.9 Å². The van der Waals surface area contributed by atoms with Crippen LogP contribution in [0.2, 0.25) is 5.02 Å². The van der Waals surface area contributed by atoms with Gasteiger partial charge in [-0.3, -0.25) is 19.2 Å². The Morgan fingerprint density at radius 1 is 0.848 bits per heavy atom. The molecule has 46 heavy (non-hydrogen) atoms. The van der Waals surface area contributed by atoms with Crippen LogP contribution in [0.25, 0.3) is 10.9 Å². The summed E-state index contributed by atoms with van der Waals surface area (Å²) in [5.41, 5.74) is 7.22. The number of hydrogen-bond acceptors (Lipinski definition) is 6. The van der Waals surface area contributed by atoms with E-state index < -0.39 is 47.9 Å². The standard InChI is InChI=1S/C35H38ClN5O5/c1-35(2,3)41-32(44)24-14-8-7-12-23(24)19-29(42)27(18-21-10-5-4-6-11-21)39-34(46)28(20-30(37)43)40-33(45)26-17-16-22-13-9-15-25(36)31(22)38-26/h4-17,27-29,42H,18-20H2,1-3H3,(H2,37,43)(H,39,46)(H,40,45)(H,41,44)/t27-,28-,29+/m0/s1. The highest BCUT2D eigenvalue weighted by Gasteiger charge is 2.30. The summed E-state index contributed by atoms with van der Waals surface area (Å²) in [7, 11) is 0. The number of nitrogens with one attached hydrogen (secondary N) is 3. The Morgan fingerprint density at radius 2 is 1.54 bits per heavy atom. The van der Waals surface area contributed by atoms with E-state index >= 15 is 0 Å². The number of pyridine rings is 1. The maximum atomic E-state index is 13.7. The molecule has 0 bridgehead atoms. The first-order chi connectivity index (χ1) is 21.8. The van der Waals surface area contributed by atoms with Gasteiger partial charge in [0.05, 0.1) is 29.1 Å². The molecule has 1 aromatic heterocycles. The molecule has 1 heterocycles. The second kappa shape index (κ2) is 15.0. The van der Waals surface area contributed by atoms with Crippen LogP contribution in [0.4, 0.5) is 0 Å². The number of hydrogen-bond donors (Lipinski definition) is 5. The van der Waals surface area contributed by atoms with Crippen molar-refractivity contribution in [1.82, 2.24) is 20.9 Å². The van der Waals surface area contributed by atoms with E-state index in [1.165, 1.54) is 6.07 Å². The number of aromatic nitrogens is 1. The molecule has 0 fully saturated rings. The highest BCUT2D eigenvalue weighted by molar-refractivity contribution is 6.35. The normalized spacial score (nSPS) is 13.3. The SMILES string of the molecule is CC(C)(C)NC(=O)c1ccccc1C[C@@H](O)[C@H](Cc1ccccc1)NC(=O)[C@H](CC(N)=O)NC(=O)c1ccc2cccc(Cl)c2n1. The van der Waals surface area contributed by atoms with E-state index in [0.29, 0.717) is 21.7 Å². The fourth-order valence-electron chi connectivity index (χ4n) is 5.01. The van der Waals surface area contributed by atoms with Crippen molar-refractivity contribution in [2.24, 2.45) is 5.73 Å². The molecule has 4 amide bonds. The van der Waals surface area contributed by atoms with Crippen molar-refractivity contribution in [2.75, 3.05) is 0 Å². The highest BCUT2D eigenvalue weighted by atomic mass is 35.5. The molecule has 3 aromatic carbocycles. The third-order valence-corrected chi connectivity index (χ3v) is 7.51. The Bertz CT molecular complexity index is 1720. The van der Waals surface area contributed by atoms with Gasteiger partial charge in [-0.05, 0) is 56.5 Å². The number of fused-ring (bicyclic) bond motifs is 1. The Kier molecular flexibility index (Phi) is 11.1. The number of nitrogens with two attached hydrogens (primary N) is 1. The number of carbonyl (C=O) groups is 4. The van der Waals surface area contributed by atoms with Crippen LogP contribution in [0, 0.1) is 0 Å². The lowest BCUT2D eigenvalue weighted by Crippen LogP contribution is -2.54. The average molecular weight is 644 g/mol. The first-order valence-corrected chi connectivity index (χ1v) is 15.3. The minimum Gasteiger partial charge on any atom is -0.391 e. The third kappa shape index (κ3) is 9.35. The van der Waals surface area contributed by atoms with Crippen molar-refractivity contribution in [1.29, 1.82) is 0 Å². The minimum atomic E-state index is -1.36. The molecule has 4 aromatic rings. The van der Waals surface area contributed by atoms with Crippen LogP contribution < -0.4 is 21.7 Å². The van der Waals surface area contributed by atoms with Crippen molar-refractivity contribution in [2.45, 2.75) is 63.8 Å². The van der Waals surface area contributed by atoms with Crippen molar-refractivity contribution < 1.29 is 24.3 Å². The van der Waals surface area contributed by atoms with Gasteiger partial charge in [-0.15, -0.1) is 0 Å². The van der Waals surface area contributed by atoms with Gasteiger partial charge in [0.1, 0.15) is 11.7 Å². The molecule has 4 rings (SSSR count). The molecule has 0 radical (unpaired) electrons. The second-order valence-electron chi connectivity index (χ2n) is 12.1. The molecule has 0 aliphatic heterocycles. The van der Waals surface area contributed by atoms with Gasteiger partial charge in [0.25, 0.3) is 11.8 Å². The topological polar surface area (TPSA) is 164 Å². The minimum absolute atomic E-state index is 0.00567. The van der Waals surface area contributed by atoms with Gasteiger partial charge in [-0.1, -0.05) is 78.3 Å². The molecule has 240 valence electrons. The number of benzene rings is 3. The van der Waals surface area contributed by atoms with E-state index in [1.807, 2.05) is 51.1 Å². The monoisotopic (exact) mass is 643 g/mol. The zero-order chi connectivity index (χ0) is 33.4. The van der Waals surface area contributed by atoms with Crippen LogP contribution >= 0.6 is 11.6 Å². The summed E-state index contributed by atoms with van der Waals surface area (Å²) in [5, 5.41) is 20.9. The maximum absolute atomic E-state index is 13.7. The fourth-order valence-corrected chi connectivity index (χ4v) is 5.23. The van der Waals surface area contributed by atoms with E-state index in [0.717, 1.165) is 10.9 Å². The predicted octanol–water partition coefficient (Wildman–Crippen LogP) is 3.72. The molecular formula is C35H38ClN5O5. The molecule has 0 unspecified atom stereocenters. The smallest absolute Gasteiger partial charge is 0.270 e. The van der Waals surface area contributed by atoms with Gasteiger partial charge in [0, 0.05) is 22.9 Å². The number of rotatable bonds is 12. The fraction of sp³-hybridized carbons (Fsp3) is 0.286. The summed E-state index contributed by atoms with van der Waals surface area (Å²) in [6, 6.07) is 22.3. The number of aliphatic hydroxyl groups is 1. The number of halogens is 1. The summed E-state index contributed by atoms with van der Waals surface area (Å²) < 4.78 is 0. The lowest BCUT2D eigenvalue weighted by Gasteiger charge is -2.28. The molecule has 11 heteroatoms. The molecule has 10 nitrogen and oxygen atoms in total. The average Bonchev–Trinajstić information content (AvgIpc) is 3.00. The van der Waals surface area contributed by atoms with Gasteiger partial charge in [-0.2, -0.15) is 0 Å². The van der Waals surface area contributed by atoms with E-state index in [1.54, 1.807) is 48.5 Å². The number of nitrogens with zero attached hydrogens (tertiary/aromatic N) is 1. The van der Waals surface area contributed by atoms with Crippen molar-refractivity contribution in [3.63, 3.8) is 0 Å². The zero-order valence-electron chi connectivity index (χ0n) is 25.9. The number of primary amides is 1. The van der Waals surface area contributed by atoms with Crippen LogP contribution in [-0.4, -0.2) is 57.4 Å². The van der Waals surface area contributed by atoms with Crippen LogP contribution in [0.1, 0.15) is 59.2 Å². The summed E-state index contributed by atoms with van der Waals surface area (Å²) in [6.07, 6.45) is -1.37. The van der Waals surface area contributed by atoms with Crippen molar-refractivity contribution in [3.8, 4) is 0 Å². The molecule has 0 saturated heterocycles. The van der Waals surface area contributed by atoms with Crippen LogP contribution in [0.15, 0.2) is 84.9 Å². The summed E-state index contributed by atoms with van der Waals surface area (Å²) in [5.74, 6) is -2.52. The Morgan fingerprint density at radius 3 is 2.24 bits per heavy atom. The summed E-state index contributed by atoms with van der Waals surface area (Å²) in [6.45, 7) is 5.63. The van der Waals surface area contributed by atoms with Gasteiger partial charge < -0.3 is 26.8 Å². The van der Waals surface area contributed by atoms with Gasteiger partial charge in [-0.25, -0.2) is 4.98 Å². The summed E-state index contributed by atoms with van der Waals surface area (Å²) in [4.78, 5) is 56.2. The largest absolute Gasteiger partial charge is 0.391 e. The van der Waals surface area contributed by atoms with E-state index in [9.17, 15) is 24.3 Å². The van der Waals surface area contributed by atoms with Crippen molar-refractivity contribution >= 4 is 46.1 Å².